The highest BCUT2D eigenvalue weighted by Crippen LogP contribution is 2.30. The number of hydrogen-bond donors (Lipinski definition) is 2. The summed E-state index contributed by atoms with van der Waals surface area (Å²) in [6.07, 6.45) is 11.5. The molecule has 2 N–H and O–H groups in total. The van der Waals surface area contributed by atoms with Crippen LogP contribution < -0.4 is 16.2 Å². The highest BCUT2D eigenvalue weighted by Gasteiger charge is 2.20. The van der Waals surface area contributed by atoms with Crippen molar-refractivity contribution in [3.8, 4) is 16.8 Å². The van der Waals surface area contributed by atoms with Gasteiger partial charge in [-0.25, -0.2) is 9.67 Å². The summed E-state index contributed by atoms with van der Waals surface area (Å²) in [5.74, 6) is 1.14. The normalized spacial score (nSPS) is 14.3. The van der Waals surface area contributed by atoms with Crippen LogP contribution in [0.25, 0.3) is 16.8 Å². The molecule has 1 aliphatic carbocycles. The molecule has 0 aliphatic heterocycles. The van der Waals surface area contributed by atoms with Crippen molar-refractivity contribution in [2.24, 2.45) is 14.1 Å². The Labute approximate surface area is 198 Å². The lowest BCUT2D eigenvalue weighted by atomic mass is 9.95. The van der Waals surface area contributed by atoms with Gasteiger partial charge in [0.05, 0.1) is 17.6 Å². The molecule has 0 radical (unpaired) electrons. The molecule has 0 atom stereocenters. The predicted molar refractivity (Wildman–Crippen MR) is 134 cm³/mol. The molecular formula is C25H30N8O. The first kappa shape index (κ1) is 21.9. The van der Waals surface area contributed by atoms with Crippen molar-refractivity contribution in [2.75, 3.05) is 10.6 Å². The van der Waals surface area contributed by atoms with Crippen molar-refractivity contribution in [2.45, 2.75) is 45.1 Å². The number of nitrogens with one attached hydrogen (secondary N) is 2. The average molecular weight is 459 g/mol. The van der Waals surface area contributed by atoms with Gasteiger partial charge in [0.2, 0.25) is 5.95 Å². The lowest BCUT2D eigenvalue weighted by Gasteiger charge is -2.24. The molecule has 1 aliphatic rings. The van der Waals surface area contributed by atoms with Crippen LogP contribution in [0.1, 0.15) is 37.8 Å². The highest BCUT2D eigenvalue weighted by atomic mass is 16.1. The van der Waals surface area contributed by atoms with E-state index in [1.807, 2.05) is 68.4 Å². The summed E-state index contributed by atoms with van der Waals surface area (Å²) >= 11 is 0. The van der Waals surface area contributed by atoms with E-state index in [0.29, 0.717) is 17.7 Å². The number of para-hydroxylation sites is 1. The van der Waals surface area contributed by atoms with Gasteiger partial charge in [-0.1, -0.05) is 37.5 Å². The predicted octanol–water partition coefficient (Wildman–Crippen LogP) is 4.16. The van der Waals surface area contributed by atoms with Gasteiger partial charge in [0, 0.05) is 43.7 Å². The highest BCUT2D eigenvalue weighted by molar-refractivity contribution is 5.75. The van der Waals surface area contributed by atoms with Gasteiger partial charge in [0.15, 0.2) is 0 Å². The van der Waals surface area contributed by atoms with Crippen LogP contribution in [-0.4, -0.2) is 35.2 Å². The number of benzene rings is 1. The molecule has 34 heavy (non-hydrogen) atoms. The minimum Gasteiger partial charge on any atom is -0.367 e. The van der Waals surface area contributed by atoms with Gasteiger partial charge in [-0.2, -0.15) is 10.1 Å². The minimum atomic E-state index is -0.145. The molecular weight excluding hydrogens is 428 g/mol. The van der Waals surface area contributed by atoms with Gasteiger partial charge in [0.25, 0.3) is 5.56 Å². The van der Waals surface area contributed by atoms with Crippen LogP contribution in [0.4, 0.5) is 17.5 Å². The summed E-state index contributed by atoms with van der Waals surface area (Å²) in [6.45, 7) is 1.91. The summed E-state index contributed by atoms with van der Waals surface area (Å²) in [6, 6.07) is 9.97. The smallest absolute Gasteiger partial charge is 0.295 e. The van der Waals surface area contributed by atoms with E-state index in [0.717, 1.165) is 41.2 Å². The first-order valence-electron chi connectivity index (χ1n) is 11.7. The lowest BCUT2D eigenvalue weighted by molar-refractivity contribution is 0.462. The SMILES string of the molecule is Cc1c(Nc2ncc(-c3cnn(C)c3)c(NC3CCCCC3)n2)c(=O)n(-c2ccccc2)n1C. The molecule has 0 amide bonds. The van der Waals surface area contributed by atoms with E-state index >= 15 is 0 Å². The summed E-state index contributed by atoms with van der Waals surface area (Å²) in [5, 5.41) is 11.1. The Morgan fingerprint density at radius 2 is 1.79 bits per heavy atom. The lowest BCUT2D eigenvalue weighted by Crippen LogP contribution is -2.23. The molecule has 0 unspecified atom stereocenters. The molecule has 0 spiro atoms. The van der Waals surface area contributed by atoms with Gasteiger partial charge in [-0.3, -0.25) is 14.2 Å². The third-order valence-electron chi connectivity index (χ3n) is 6.54. The van der Waals surface area contributed by atoms with E-state index in [1.54, 1.807) is 15.6 Å². The van der Waals surface area contributed by atoms with E-state index in [1.165, 1.54) is 19.3 Å². The van der Waals surface area contributed by atoms with E-state index in [9.17, 15) is 4.79 Å². The fourth-order valence-electron chi connectivity index (χ4n) is 4.59. The van der Waals surface area contributed by atoms with Gasteiger partial charge in [-0.15, -0.1) is 0 Å². The molecule has 9 heteroatoms. The Morgan fingerprint density at radius 1 is 1.03 bits per heavy atom. The fourth-order valence-corrected chi connectivity index (χ4v) is 4.59. The summed E-state index contributed by atoms with van der Waals surface area (Å²) in [4.78, 5) is 22.7. The number of rotatable bonds is 6. The zero-order valence-corrected chi connectivity index (χ0v) is 19.8. The van der Waals surface area contributed by atoms with Crippen LogP contribution in [-0.2, 0) is 14.1 Å². The molecule has 0 saturated heterocycles. The molecule has 5 rings (SSSR count). The van der Waals surface area contributed by atoms with Crippen LogP contribution in [0.5, 0.6) is 0 Å². The average Bonchev–Trinajstić information content (AvgIpc) is 3.37. The molecule has 0 bridgehead atoms. The molecule has 3 heterocycles. The van der Waals surface area contributed by atoms with Crippen molar-refractivity contribution >= 4 is 17.5 Å². The Bertz CT molecular complexity index is 1350. The van der Waals surface area contributed by atoms with Gasteiger partial charge < -0.3 is 10.6 Å². The second kappa shape index (κ2) is 9.17. The van der Waals surface area contributed by atoms with Crippen LogP contribution >= 0.6 is 0 Å². The van der Waals surface area contributed by atoms with E-state index in [4.69, 9.17) is 4.98 Å². The first-order chi connectivity index (χ1) is 16.5. The Kier molecular flexibility index (Phi) is 5.91. The quantitative estimate of drug-likeness (QED) is 0.451. The van der Waals surface area contributed by atoms with Crippen molar-refractivity contribution in [3.05, 3.63) is 65.0 Å². The molecule has 176 valence electrons. The monoisotopic (exact) mass is 458 g/mol. The zero-order valence-electron chi connectivity index (χ0n) is 19.8. The third-order valence-corrected chi connectivity index (χ3v) is 6.54. The number of aromatic nitrogens is 6. The summed E-state index contributed by atoms with van der Waals surface area (Å²) in [7, 11) is 3.77. The molecule has 1 fully saturated rings. The van der Waals surface area contributed by atoms with Crippen LogP contribution in [0.15, 0.2) is 53.7 Å². The Morgan fingerprint density at radius 3 is 2.50 bits per heavy atom. The zero-order chi connectivity index (χ0) is 23.7. The van der Waals surface area contributed by atoms with Gasteiger partial charge in [-0.05, 0) is 31.9 Å². The summed E-state index contributed by atoms with van der Waals surface area (Å²) in [5.41, 5.74) is 3.77. The molecule has 9 nitrogen and oxygen atoms in total. The maximum Gasteiger partial charge on any atom is 0.295 e. The first-order valence-corrected chi connectivity index (χ1v) is 11.7. The fraction of sp³-hybridized carbons (Fsp3) is 0.360. The van der Waals surface area contributed by atoms with Crippen LogP contribution in [0.2, 0.25) is 0 Å². The topological polar surface area (TPSA) is 94.6 Å². The van der Waals surface area contributed by atoms with E-state index in [2.05, 4.69) is 20.7 Å². The van der Waals surface area contributed by atoms with Crippen molar-refractivity contribution in [3.63, 3.8) is 0 Å². The van der Waals surface area contributed by atoms with Crippen molar-refractivity contribution in [1.82, 2.24) is 29.1 Å². The van der Waals surface area contributed by atoms with Crippen molar-refractivity contribution in [1.29, 1.82) is 0 Å². The maximum atomic E-state index is 13.3. The third kappa shape index (κ3) is 4.21. The van der Waals surface area contributed by atoms with Gasteiger partial charge in [0.1, 0.15) is 11.5 Å². The van der Waals surface area contributed by atoms with E-state index < -0.39 is 0 Å². The Balaban J connectivity index is 1.51. The molecule has 4 aromatic rings. The number of hydrogen-bond acceptors (Lipinski definition) is 6. The van der Waals surface area contributed by atoms with Gasteiger partial charge >= 0.3 is 0 Å². The van der Waals surface area contributed by atoms with Crippen LogP contribution in [0, 0.1) is 6.92 Å². The molecule has 3 aromatic heterocycles. The van der Waals surface area contributed by atoms with E-state index in [-0.39, 0.29) is 5.56 Å². The van der Waals surface area contributed by atoms with Crippen LogP contribution in [0.3, 0.4) is 0 Å². The number of anilines is 3. The molecule has 1 saturated carbocycles. The number of aryl methyl sites for hydroxylation is 1. The van der Waals surface area contributed by atoms with Crippen molar-refractivity contribution < 1.29 is 0 Å². The molecule has 1 aromatic carbocycles. The standard InChI is InChI=1S/C25H30N8O/c1-17-22(24(34)33(32(17)3)20-12-8-5-9-13-20)29-25-26-15-21(18-14-27-31(2)16-18)23(30-25)28-19-10-6-4-7-11-19/h5,8-9,12-16,19H,4,6-7,10-11H2,1-3H3,(H2,26,28,29,30). The maximum absolute atomic E-state index is 13.3. The largest absolute Gasteiger partial charge is 0.367 e. The second-order valence-electron chi connectivity index (χ2n) is 8.90. The summed E-state index contributed by atoms with van der Waals surface area (Å²) < 4.78 is 5.25. The number of nitrogens with zero attached hydrogens (tertiary/aromatic N) is 6. The Hall–Kier alpha value is -3.88. The minimum absolute atomic E-state index is 0.145. The second-order valence-corrected chi connectivity index (χ2v) is 8.90.